The molecule has 284 valence electrons. The van der Waals surface area contributed by atoms with Crippen molar-refractivity contribution in [2.45, 2.75) is 72.6 Å². The number of nitrogens with one attached hydrogen (secondary N) is 2. The molecule has 0 aliphatic carbocycles. The second kappa shape index (κ2) is 15.4. The Morgan fingerprint density at radius 3 is 1.91 bits per heavy atom. The Morgan fingerprint density at radius 2 is 1.35 bits per heavy atom. The van der Waals surface area contributed by atoms with E-state index in [9.17, 15) is 19.2 Å². The molecule has 4 aromatic heterocycles. The van der Waals surface area contributed by atoms with Gasteiger partial charge in [-0.15, -0.1) is 0 Å². The lowest BCUT2D eigenvalue weighted by Gasteiger charge is -2.11. The maximum Gasteiger partial charge on any atom is 0.337 e. The maximum absolute atomic E-state index is 14.2. The largest absolute Gasteiger partial charge is 0.465 e. The van der Waals surface area contributed by atoms with Gasteiger partial charge < -0.3 is 18.6 Å². The van der Waals surface area contributed by atoms with Gasteiger partial charge in [-0.2, -0.15) is 10.2 Å². The van der Waals surface area contributed by atoms with Gasteiger partial charge in [-0.25, -0.2) is 19.6 Å². The molecule has 0 spiro atoms. The molecule has 55 heavy (non-hydrogen) atoms. The van der Waals surface area contributed by atoms with Crippen molar-refractivity contribution in [2.24, 2.45) is 0 Å². The Bertz CT molecular complexity index is 2500. The first-order chi connectivity index (χ1) is 26.6. The molecule has 0 atom stereocenters. The zero-order chi connectivity index (χ0) is 38.8. The quantitative estimate of drug-likeness (QED) is 0.174. The lowest BCUT2D eigenvalue weighted by molar-refractivity contribution is 0.0592. The molecule has 0 saturated carbocycles. The minimum Gasteiger partial charge on any atom is -0.465 e. The molecule has 0 unspecified atom stereocenters. The summed E-state index contributed by atoms with van der Waals surface area (Å²) in [6.07, 6.45) is 6.82. The van der Waals surface area contributed by atoms with Crippen LogP contribution in [0.3, 0.4) is 0 Å². The summed E-state index contributed by atoms with van der Waals surface area (Å²) in [5.74, 6) is -1.11. The molecule has 0 fully saturated rings. The zero-order valence-electron chi connectivity index (χ0n) is 31.4. The summed E-state index contributed by atoms with van der Waals surface area (Å²) in [5.41, 5.74) is 6.30. The van der Waals surface area contributed by atoms with Crippen LogP contribution in [0.25, 0.3) is 22.1 Å². The average Bonchev–Trinajstić information content (AvgIpc) is 3.92. The molecule has 5 heterocycles. The van der Waals surface area contributed by atoms with Crippen molar-refractivity contribution in [1.82, 2.24) is 38.7 Å². The normalized spacial score (nSPS) is 14.9. The highest BCUT2D eigenvalue weighted by Crippen LogP contribution is 2.26. The highest BCUT2D eigenvalue weighted by molar-refractivity contribution is 6.05. The van der Waals surface area contributed by atoms with Crippen LogP contribution in [-0.2, 0) is 42.1 Å². The first-order valence-electron chi connectivity index (χ1n) is 18.2. The number of hydrogen-bond donors (Lipinski definition) is 2. The highest BCUT2D eigenvalue weighted by atomic mass is 16.5. The van der Waals surface area contributed by atoms with Crippen molar-refractivity contribution in [1.29, 1.82) is 0 Å². The van der Waals surface area contributed by atoms with Crippen molar-refractivity contribution in [3.05, 3.63) is 94.1 Å². The highest BCUT2D eigenvalue weighted by Gasteiger charge is 2.24. The van der Waals surface area contributed by atoms with Crippen LogP contribution < -0.4 is 10.6 Å². The second-order valence-electron chi connectivity index (χ2n) is 13.3. The molecule has 6 aromatic rings. The van der Waals surface area contributed by atoms with Gasteiger partial charge in [0.15, 0.2) is 0 Å². The van der Waals surface area contributed by atoms with E-state index in [0.717, 1.165) is 30.5 Å². The third kappa shape index (κ3) is 7.22. The fourth-order valence-electron chi connectivity index (χ4n) is 7.04. The third-order valence-electron chi connectivity index (χ3n) is 9.73. The number of ether oxygens (including phenoxy) is 2. The predicted octanol–water partition coefficient (Wildman–Crippen LogP) is 5.48. The molecule has 0 saturated heterocycles. The molecular formula is C39H42N10O6. The van der Waals surface area contributed by atoms with Gasteiger partial charge in [-0.05, 0) is 82.5 Å². The number of benzene rings is 2. The number of esters is 2. The van der Waals surface area contributed by atoms with Crippen LogP contribution in [0.4, 0.5) is 11.9 Å². The van der Waals surface area contributed by atoms with E-state index in [1.54, 1.807) is 51.8 Å². The van der Waals surface area contributed by atoms with Crippen molar-refractivity contribution in [3.8, 4) is 0 Å². The Kier molecular flexibility index (Phi) is 10.3. The second-order valence-corrected chi connectivity index (χ2v) is 13.3. The van der Waals surface area contributed by atoms with Gasteiger partial charge in [-0.3, -0.25) is 29.6 Å². The van der Waals surface area contributed by atoms with Crippen LogP contribution in [-0.4, -0.2) is 76.6 Å². The van der Waals surface area contributed by atoms with Crippen molar-refractivity contribution in [3.63, 3.8) is 0 Å². The summed E-state index contributed by atoms with van der Waals surface area (Å²) in [4.78, 5) is 62.2. The van der Waals surface area contributed by atoms with E-state index in [1.807, 2.05) is 42.1 Å². The summed E-state index contributed by atoms with van der Waals surface area (Å²) in [7, 11) is 2.63. The Balaban J connectivity index is 1.31. The SMILES string of the molecule is CCn1nc(C)c2c1C(=O)Nc1nc3cc(C(=O)OC)ccc3n1C/C=C/Cn1c(nc3cc(C(=O)OC)ccc31)NC(=O)c1cc(C)nn1CCCCC2. The molecule has 16 heteroatoms. The lowest BCUT2D eigenvalue weighted by Crippen LogP contribution is -2.21. The smallest absolute Gasteiger partial charge is 0.337 e. The number of imidazole rings is 2. The van der Waals surface area contributed by atoms with E-state index < -0.39 is 11.9 Å². The van der Waals surface area contributed by atoms with E-state index in [-0.39, 0.29) is 17.8 Å². The number of aromatic nitrogens is 8. The van der Waals surface area contributed by atoms with E-state index in [4.69, 9.17) is 19.4 Å². The Labute approximate surface area is 316 Å². The van der Waals surface area contributed by atoms with Gasteiger partial charge in [0.05, 0.1) is 58.8 Å². The number of carbonyl (C=O) groups excluding carboxylic acids is 4. The summed E-state index contributed by atoms with van der Waals surface area (Å²) in [5, 5.41) is 15.3. The van der Waals surface area contributed by atoms with Gasteiger partial charge in [0.1, 0.15) is 11.4 Å². The van der Waals surface area contributed by atoms with Gasteiger partial charge in [0, 0.05) is 31.7 Å². The number of hydrogen-bond acceptors (Lipinski definition) is 10. The number of nitrogens with zero attached hydrogens (tertiary/aromatic N) is 8. The molecule has 2 aromatic carbocycles. The lowest BCUT2D eigenvalue weighted by atomic mass is 10.0. The van der Waals surface area contributed by atoms with E-state index in [1.165, 1.54) is 14.2 Å². The van der Waals surface area contributed by atoms with Crippen molar-refractivity contribution < 1.29 is 28.7 Å². The Morgan fingerprint density at radius 1 is 0.764 bits per heavy atom. The number of carbonyl (C=O) groups is 4. The molecular weight excluding hydrogens is 704 g/mol. The van der Waals surface area contributed by atoms with Crippen LogP contribution in [0.1, 0.15) is 84.8 Å². The average molecular weight is 747 g/mol. The third-order valence-corrected chi connectivity index (χ3v) is 9.73. The van der Waals surface area contributed by atoms with Crippen LogP contribution >= 0.6 is 0 Å². The number of rotatable bonds is 3. The van der Waals surface area contributed by atoms with Crippen molar-refractivity contribution >= 4 is 57.7 Å². The molecule has 0 radical (unpaired) electrons. The fraction of sp³-hybridized carbons (Fsp3) is 0.333. The number of methoxy groups -OCH3 is 2. The number of anilines is 2. The van der Waals surface area contributed by atoms with Gasteiger partial charge >= 0.3 is 11.9 Å². The first-order valence-corrected chi connectivity index (χ1v) is 18.2. The number of fused-ring (bicyclic) bond motifs is 8. The van der Waals surface area contributed by atoms with Crippen LogP contribution in [0.2, 0.25) is 0 Å². The summed E-state index contributed by atoms with van der Waals surface area (Å²) in [6, 6.07) is 11.9. The van der Waals surface area contributed by atoms with Crippen LogP contribution in [0.15, 0.2) is 54.6 Å². The molecule has 16 nitrogen and oxygen atoms in total. The predicted molar refractivity (Wildman–Crippen MR) is 204 cm³/mol. The standard InChI is InChI=1S/C39H42N10O6/c1-6-48-33-27(24(3)45-48)12-8-7-9-19-49-32(20-23(2)44-49)34(50)42-38-40-28-21-25(36(52)54-4)13-15-30(28)46(38)17-10-11-18-47-31-16-14-26(37(53)55-5)22-29(31)41-39(47)43-35(33)51/h10-11,13-16,20-22H,6-9,12,17-19H2,1-5H3,(H,40,42,50)(H,41,43,51)/b11-10+. The number of allylic oxidation sites excluding steroid dienone is 2. The van der Waals surface area contributed by atoms with Gasteiger partial charge in [-0.1, -0.05) is 18.6 Å². The Hall–Kier alpha value is -6.58. The molecule has 2 N–H and O–H groups in total. The minimum absolute atomic E-state index is 0.289. The summed E-state index contributed by atoms with van der Waals surface area (Å²) in [6.45, 7) is 7.32. The van der Waals surface area contributed by atoms with E-state index in [0.29, 0.717) is 88.8 Å². The molecule has 2 amide bonds. The van der Waals surface area contributed by atoms with Gasteiger partial charge in [0.25, 0.3) is 11.8 Å². The minimum atomic E-state index is -0.499. The van der Waals surface area contributed by atoms with Crippen LogP contribution in [0, 0.1) is 13.8 Å². The van der Waals surface area contributed by atoms with Crippen LogP contribution in [0.5, 0.6) is 0 Å². The zero-order valence-corrected chi connectivity index (χ0v) is 31.4. The maximum atomic E-state index is 14.2. The molecule has 7 rings (SSSR count). The number of amides is 2. The number of aryl methyl sites for hydroxylation is 4. The molecule has 1 aliphatic heterocycles. The monoisotopic (exact) mass is 746 g/mol. The summed E-state index contributed by atoms with van der Waals surface area (Å²) >= 11 is 0. The fourth-order valence-corrected chi connectivity index (χ4v) is 7.04. The van der Waals surface area contributed by atoms with E-state index in [2.05, 4.69) is 20.8 Å². The first kappa shape index (κ1) is 36.8. The van der Waals surface area contributed by atoms with E-state index >= 15 is 0 Å². The summed E-state index contributed by atoms with van der Waals surface area (Å²) < 4.78 is 17.0. The van der Waals surface area contributed by atoms with Crippen molar-refractivity contribution in [2.75, 3.05) is 24.9 Å². The van der Waals surface area contributed by atoms with Gasteiger partial charge in [0.2, 0.25) is 11.9 Å². The molecule has 1 aliphatic rings. The topological polar surface area (TPSA) is 182 Å². The molecule has 0 bridgehead atoms.